The van der Waals surface area contributed by atoms with Crippen LogP contribution in [0.3, 0.4) is 0 Å². The number of rotatable bonds is 3. The highest BCUT2D eigenvalue weighted by atomic mass is 15.1. The summed E-state index contributed by atoms with van der Waals surface area (Å²) in [5.74, 6) is 0. The van der Waals surface area contributed by atoms with Crippen molar-refractivity contribution in [3.63, 3.8) is 0 Å². The molecule has 17 heavy (non-hydrogen) atoms. The van der Waals surface area contributed by atoms with E-state index >= 15 is 0 Å². The summed E-state index contributed by atoms with van der Waals surface area (Å²) in [6.07, 6.45) is 2.23. The molecule has 0 radical (unpaired) electrons. The highest BCUT2D eigenvalue weighted by molar-refractivity contribution is 5.52. The van der Waals surface area contributed by atoms with E-state index in [9.17, 15) is 5.26 Å². The maximum atomic E-state index is 9.21. The van der Waals surface area contributed by atoms with E-state index in [0.717, 1.165) is 16.8 Å². The fourth-order valence-corrected chi connectivity index (χ4v) is 1.75. The van der Waals surface area contributed by atoms with Crippen LogP contribution in [-0.2, 0) is 6.54 Å². The number of anilines is 1. The third-order valence-corrected chi connectivity index (χ3v) is 2.62. The maximum Gasteiger partial charge on any atom is 0.184 e. The molecule has 2 heteroatoms. The Morgan fingerprint density at radius 1 is 1.06 bits per heavy atom. The summed E-state index contributed by atoms with van der Waals surface area (Å²) in [5, 5.41) is 9.21. The first-order chi connectivity index (χ1) is 8.29. The zero-order valence-electron chi connectivity index (χ0n) is 9.80. The van der Waals surface area contributed by atoms with Gasteiger partial charge in [-0.05, 0) is 30.2 Å². The highest BCUT2D eigenvalue weighted by Gasteiger charge is 2.05. The van der Waals surface area contributed by atoms with Crippen LogP contribution in [0, 0.1) is 18.4 Å². The molecule has 0 heterocycles. The summed E-state index contributed by atoms with van der Waals surface area (Å²) in [4.78, 5) is 1.70. The number of benzene rings is 2. The van der Waals surface area contributed by atoms with Gasteiger partial charge in [-0.25, -0.2) is 0 Å². The first-order valence-electron chi connectivity index (χ1n) is 5.57. The minimum Gasteiger partial charge on any atom is -0.275 e. The van der Waals surface area contributed by atoms with E-state index in [2.05, 4.69) is 6.19 Å². The van der Waals surface area contributed by atoms with Crippen molar-refractivity contribution in [2.75, 3.05) is 4.90 Å². The van der Waals surface area contributed by atoms with Crippen LogP contribution in [-0.4, -0.2) is 0 Å². The molecule has 84 valence electrons. The summed E-state index contributed by atoms with van der Waals surface area (Å²) < 4.78 is 0. The molecule has 2 aromatic rings. The Bertz CT molecular complexity index is 526. The second-order valence-corrected chi connectivity index (χ2v) is 4.01. The van der Waals surface area contributed by atoms with E-state index in [0.29, 0.717) is 6.54 Å². The first kappa shape index (κ1) is 11.2. The molecule has 0 aliphatic carbocycles. The molecule has 0 fully saturated rings. The Kier molecular flexibility index (Phi) is 3.42. The summed E-state index contributed by atoms with van der Waals surface area (Å²) in [6.45, 7) is 2.64. The standard InChI is InChI=1S/C15H14N2/c1-13-6-5-9-15(10-13)17(12-16)11-14-7-3-2-4-8-14/h2-10H,11H2,1H3. The van der Waals surface area contributed by atoms with Crippen LogP contribution in [0.1, 0.15) is 11.1 Å². The quantitative estimate of drug-likeness (QED) is 0.587. The number of hydrogen-bond donors (Lipinski definition) is 0. The molecule has 0 N–H and O–H groups in total. The molecule has 0 aliphatic rings. The van der Waals surface area contributed by atoms with E-state index in [1.807, 2.05) is 61.5 Å². The molecule has 0 atom stereocenters. The van der Waals surface area contributed by atoms with Gasteiger partial charge in [0.25, 0.3) is 0 Å². The number of nitrogens with zero attached hydrogens (tertiary/aromatic N) is 2. The van der Waals surface area contributed by atoms with Gasteiger partial charge < -0.3 is 0 Å². The Labute approximate surface area is 102 Å². The molecule has 0 amide bonds. The van der Waals surface area contributed by atoms with Crippen molar-refractivity contribution in [2.24, 2.45) is 0 Å². The molecule has 0 aromatic heterocycles. The fraction of sp³-hybridized carbons (Fsp3) is 0.133. The summed E-state index contributed by atoms with van der Waals surface area (Å²) >= 11 is 0. The summed E-state index contributed by atoms with van der Waals surface area (Å²) in [7, 11) is 0. The van der Waals surface area contributed by atoms with Crippen LogP contribution in [0.15, 0.2) is 54.6 Å². The SMILES string of the molecule is Cc1cccc(N(C#N)Cc2ccccc2)c1. The Hall–Kier alpha value is -2.27. The van der Waals surface area contributed by atoms with Crippen molar-refractivity contribution < 1.29 is 0 Å². The van der Waals surface area contributed by atoms with Crippen molar-refractivity contribution >= 4 is 5.69 Å². The highest BCUT2D eigenvalue weighted by Crippen LogP contribution is 2.17. The van der Waals surface area contributed by atoms with Gasteiger partial charge in [0.2, 0.25) is 0 Å². The summed E-state index contributed by atoms with van der Waals surface area (Å²) in [5.41, 5.74) is 3.24. The molecular weight excluding hydrogens is 208 g/mol. The van der Waals surface area contributed by atoms with Gasteiger partial charge in [-0.2, -0.15) is 5.26 Å². The maximum absolute atomic E-state index is 9.21. The van der Waals surface area contributed by atoms with Crippen LogP contribution < -0.4 is 4.90 Å². The van der Waals surface area contributed by atoms with Crippen LogP contribution in [0.5, 0.6) is 0 Å². The Morgan fingerprint density at radius 3 is 2.47 bits per heavy atom. The van der Waals surface area contributed by atoms with Crippen molar-refractivity contribution in [1.29, 1.82) is 5.26 Å². The van der Waals surface area contributed by atoms with E-state index in [1.54, 1.807) is 4.90 Å². The molecule has 0 bridgehead atoms. The topological polar surface area (TPSA) is 27.0 Å². The van der Waals surface area contributed by atoms with E-state index in [1.165, 1.54) is 0 Å². The van der Waals surface area contributed by atoms with Gasteiger partial charge in [-0.1, -0.05) is 42.5 Å². The minimum absolute atomic E-state index is 0.612. The lowest BCUT2D eigenvalue weighted by Crippen LogP contribution is -2.15. The van der Waals surface area contributed by atoms with E-state index < -0.39 is 0 Å². The lowest BCUT2D eigenvalue weighted by Gasteiger charge is -2.16. The monoisotopic (exact) mass is 222 g/mol. The average Bonchev–Trinajstić information content (AvgIpc) is 2.37. The second kappa shape index (κ2) is 5.18. The Balaban J connectivity index is 2.21. The number of hydrogen-bond acceptors (Lipinski definition) is 2. The fourth-order valence-electron chi connectivity index (χ4n) is 1.75. The van der Waals surface area contributed by atoms with Crippen LogP contribution in [0.2, 0.25) is 0 Å². The summed E-state index contributed by atoms with van der Waals surface area (Å²) in [6, 6.07) is 18.0. The smallest absolute Gasteiger partial charge is 0.184 e. The molecule has 2 nitrogen and oxygen atoms in total. The third kappa shape index (κ3) is 2.85. The molecule has 0 saturated carbocycles. The van der Waals surface area contributed by atoms with Crippen molar-refractivity contribution in [1.82, 2.24) is 0 Å². The van der Waals surface area contributed by atoms with Gasteiger partial charge >= 0.3 is 0 Å². The third-order valence-electron chi connectivity index (χ3n) is 2.62. The number of nitriles is 1. The lowest BCUT2D eigenvalue weighted by atomic mass is 10.2. The van der Waals surface area contributed by atoms with E-state index in [4.69, 9.17) is 0 Å². The van der Waals surface area contributed by atoms with Crippen molar-refractivity contribution in [3.8, 4) is 6.19 Å². The molecule has 2 aromatic carbocycles. The minimum atomic E-state index is 0.612. The molecule has 0 aliphatic heterocycles. The first-order valence-corrected chi connectivity index (χ1v) is 5.57. The van der Waals surface area contributed by atoms with Crippen LogP contribution >= 0.6 is 0 Å². The van der Waals surface area contributed by atoms with Crippen LogP contribution in [0.25, 0.3) is 0 Å². The zero-order valence-corrected chi connectivity index (χ0v) is 9.80. The predicted octanol–water partition coefficient (Wildman–Crippen LogP) is 3.48. The lowest BCUT2D eigenvalue weighted by molar-refractivity contribution is 0.976. The predicted molar refractivity (Wildman–Crippen MR) is 69.4 cm³/mol. The molecule has 0 saturated heterocycles. The molecule has 2 rings (SSSR count). The molecule has 0 spiro atoms. The molecule has 0 unspecified atom stereocenters. The zero-order chi connectivity index (χ0) is 12.1. The van der Waals surface area contributed by atoms with Gasteiger partial charge in [-0.3, -0.25) is 4.90 Å². The normalized spacial score (nSPS) is 9.65. The van der Waals surface area contributed by atoms with Crippen LogP contribution in [0.4, 0.5) is 5.69 Å². The van der Waals surface area contributed by atoms with Gasteiger partial charge in [0.15, 0.2) is 6.19 Å². The van der Waals surface area contributed by atoms with Crippen molar-refractivity contribution in [2.45, 2.75) is 13.5 Å². The van der Waals surface area contributed by atoms with Gasteiger partial charge in [0.1, 0.15) is 0 Å². The van der Waals surface area contributed by atoms with Gasteiger partial charge in [0, 0.05) is 0 Å². The average molecular weight is 222 g/mol. The second-order valence-electron chi connectivity index (χ2n) is 4.01. The Morgan fingerprint density at radius 2 is 1.82 bits per heavy atom. The van der Waals surface area contributed by atoms with Gasteiger partial charge in [0.05, 0.1) is 12.2 Å². The van der Waals surface area contributed by atoms with Gasteiger partial charge in [-0.15, -0.1) is 0 Å². The van der Waals surface area contributed by atoms with Crippen molar-refractivity contribution in [3.05, 3.63) is 65.7 Å². The molecular formula is C15H14N2. The number of aryl methyl sites for hydroxylation is 1. The largest absolute Gasteiger partial charge is 0.275 e. The van der Waals surface area contributed by atoms with E-state index in [-0.39, 0.29) is 0 Å².